The van der Waals surface area contributed by atoms with Crippen molar-refractivity contribution in [2.75, 3.05) is 6.54 Å². The van der Waals surface area contributed by atoms with Gasteiger partial charge in [-0.3, -0.25) is 14.5 Å². The zero-order valence-electron chi connectivity index (χ0n) is 22.3. The molecule has 4 heteroatoms. The molecule has 1 N–H and O–H groups in total. The molecule has 4 nitrogen and oxygen atoms in total. The van der Waals surface area contributed by atoms with Crippen LogP contribution in [0.4, 0.5) is 0 Å². The van der Waals surface area contributed by atoms with Gasteiger partial charge in [-0.1, -0.05) is 97.1 Å². The number of hydrogen-bond donors (Lipinski definition) is 1. The van der Waals surface area contributed by atoms with E-state index in [-0.39, 0.29) is 23.5 Å². The number of ketones is 2. The number of Topliss-reactive ketones (excluding diaryl/α,β-unsaturated/α-hetero) is 2. The maximum absolute atomic E-state index is 15.3. The smallest absolute Gasteiger partial charge is 0.189 e. The molecule has 2 aliphatic carbocycles. The molecule has 4 aromatic carbocycles. The number of carbonyl (C=O) groups is 2. The molecule has 8 rings (SSSR count). The van der Waals surface area contributed by atoms with E-state index >= 15 is 9.59 Å². The maximum Gasteiger partial charge on any atom is 0.189 e. The lowest BCUT2D eigenvalue weighted by Crippen LogP contribution is -2.60. The maximum atomic E-state index is 15.3. The first-order valence-corrected chi connectivity index (χ1v) is 14.5. The van der Waals surface area contributed by atoms with Crippen LogP contribution in [0.15, 0.2) is 103 Å². The molecule has 0 radical (unpaired) electrons. The lowest BCUT2D eigenvalue weighted by molar-refractivity contribution is -0.132. The molecule has 0 bridgehead atoms. The molecule has 4 aromatic rings. The van der Waals surface area contributed by atoms with Crippen molar-refractivity contribution < 1.29 is 14.7 Å². The summed E-state index contributed by atoms with van der Waals surface area (Å²) in [6.07, 6.45) is 4.11. The fourth-order valence-corrected chi connectivity index (χ4v) is 8.99. The fourth-order valence-electron chi connectivity index (χ4n) is 8.99. The third-order valence-electron chi connectivity index (χ3n) is 10.2. The van der Waals surface area contributed by atoms with E-state index in [9.17, 15) is 5.11 Å². The molecule has 2 aliphatic heterocycles. The van der Waals surface area contributed by atoms with Gasteiger partial charge in [-0.05, 0) is 64.8 Å². The molecule has 2 heterocycles. The molecule has 2 saturated heterocycles. The Hall–Kier alpha value is -3.86. The monoisotopic (exact) mass is 525 g/mol. The van der Waals surface area contributed by atoms with Gasteiger partial charge in [0.2, 0.25) is 0 Å². The first kappa shape index (κ1) is 24.0. The number of hydrogen-bond acceptors (Lipinski definition) is 4. The summed E-state index contributed by atoms with van der Waals surface area (Å²) in [5.74, 6) is -0.228. The Morgan fingerprint density at radius 1 is 0.825 bits per heavy atom. The highest BCUT2D eigenvalue weighted by Gasteiger charge is 2.78. The van der Waals surface area contributed by atoms with Gasteiger partial charge >= 0.3 is 0 Å². The van der Waals surface area contributed by atoms with Crippen LogP contribution >= 0.6 is 0 Å². The Bertz CT molecular complexity index is 1710. The van der Waals surface area contributed by atoms with Crippen molar-refractivity contribution in [3.63, 3.8) is 0 Å². The van der Waals surface area contributed by atoms with Crippen LogP contribution in [-0.4, -0.2) is 40.3 Å². The van der Waals surface area contributed by atoms with E-state index < -0.39 is 17.1 Å². The highest BCUT2D eigenvalue weighted by Crippen LogP contribution is 2.71. The minimum absolute atomic E-state index is 0.0196. The van der Waals surface area contributed by atoms with Crippen LogP contribution in [0.2, 0.25) is 0 Å². The highest BCUT2D eigenvalue weighted by atomic mass is 16.3. The van der Waals surface area contributed by atoms with Crippen molar-refractivity contribution in [1.29, 1.82) is 0 Å². The van der Waals surface area contributed by atoms with Gasteiger partial charge in [0, 0.05) is 24.1 Å². The molecule has 2 spiro atoms. The standard InChI is InChI=1S/C36H31NO3/c38-29-19-21-37-32(29)31(25-12-5-2-6-13-25)35(20-9-16-26(33(35)39)22-23-10-3-1-4-11-23)36(37)28-18-8-15-24-14-7-17-27(30(24)28)34(36)40/h1-8,10-15,17-18,22,29,31-32,38H,9,16,19-21H2/b26-22+/t29?,31-,32?,35-,36-/m0/s1. The van der Waals surface area contributed by atoms with Gasteiger partial charge in [-0.15, -0.1) is 0 Å². The van der Waals surface area contributed by atoms with E-state index in [1.54, 1.807) is 0 Å². The van der Waals surface area contributed by atoms with Gasteiger partial charge in [-0.2, -0.15) is 0 Å². The topological polar surface area (TPSA) is 57.6 Å². The number of aliphatic hydroxyl groups excluding tert-OH is 1. The number of aliphatic hydroxyl groups is 1. The highest BCUT2D eigenvalue weighted by molar-refractivity contribution is 6.24. The van der Waals surface area contributed by atoms with E-state index in [0.717, 1.165) is 39.5 Å². The quantitative estimate of drug-likeness (QED) is 0.313. The van der Waals surface area contributed by atoms with E-state index in [4.69, 9.17) is 0 Å². The third-order valence-corrected chi connectivity index (χ3v) is 10.2. The first-order valence-electron chi connectivity index (χ1n) is 14.5. The molecule has 4 aliphatic rings. The Morgan fingerprint density at radius 2 is 1.55 bits per heavy atom. The fraction of sp³-hybridized carbons (Fsp3) is 0.278. The van der Waals surface area contributed by atoms with E-state index in [1.165, 1.54) is 0 Å². The predicted octanol–water partition coefficient (Wildman–Crippen LogP) is 6.29. The molecule has 2 unspecified atom stereocenters. The SMILES string of the molecule is O=C1c2cccc3cccc(c23)[C@]12N1CCC(O)C1[C@H](c1ccccc1)[C@]21CCC/C(=C\c2ccccc2)C1=O. The van der Waals surface area contributed by atoms with Crippen LogP contribution < -0.4 is 0 Å². The van der Waals surface area contributed by atoms with Gasteiger partial charge in [-0.25, -0.2) is 0 Å². The Balaban J connectivity index is 1.47. The Labute approximate surface area is 234 Å². The van der Waals surface area contributed by atoms with E-state index in [1.807, 2.05) is 72.8 Å². The minimum atomic E-state index is -1.16. The van der Waals surface area contributed by atoms with Crippen LogP contribution in [0, 0.1) is 5.41 Å². The van der Waals surface area contributed by atoms with Crippen molar-refractivity contribution in [3.05, 3.63) is 125 Å². The Kier molecular flexibility index (Phi) is 5.14. The van der Waals surface area contributed by atoms with Crippen LogP contribution in [-0.2, 0) is 10.3 Å². The summed E-state index contributed by atoms with van der Waals surface area (Å²) in [6, 6.07) is 32.0. The lowest BCUT2D eigenvalue weighted by Gasteiger charge is -2.50. The van der Waals surface area contributed by atoms with E-state index in [2.05, 4.69) is 35.2 Å². The first-order chi connectivity index (χ1) is 19.6. The van der Waals surface area contributed by atoms with Crippen LogP contribution in [0.5, 0.6) is 0 Å². The summed E-state index contributed by atoms with van der Waals surface area (Å²) in [6.45, 7) is 0.581. The summed E-state index contributed by atoms with van der Waals surface area (Å²) in [5, 5.41) is 13.6. The zero-order chi connectivity index (χ0) is 27.1. The number of nitrogens with zero attached hydrogens (tertiary/aromatic N) is 1. The summed E-state index contributed by atoms with van der Waals surface area (Å²) in [7, 11) is 0. The molecule has 40 heavy (non-hydrogen) atoms. The predicted molar refractivity (Wildman–Crippen MR) is 156 cm³/mol. The molecule has 0 aromatic heterocycles. The van der Waals surface area contributed by atoms with Gasteiger partial charge in [0.1, 0.15) is 5.54 Å². The van der Waals surface area contributed by atoms with Gasteiger partial charge in [0.05, 0.1) is 11.5 Å². The molecule has 5 atom stereocenters. The summed E-state index contributed by atoms with van der Waals surface area (Å²) < 4.78 is 0. The Morgan fingerprint density at radius 3 is 2.33 bits per heavy atom. The van der Waals surface area contributed by atoms with Gasteiger partial charge in [0.15, 0.2) is 11.6 Å². The van der Waals surface area contributed by atoms with Crippen molar-refractivity contribution in [2.24, 2.45) is 5.41 Å². The van der Waals surface area contributed by atoms with Gasteiger partial charge in [0.25, 0.3) is 0 Å². The number of carbonyl (C=O) groups excluding carboxylic acids is 2. The summed E-state index contributed by atoms with van der Waals surface area (Å²) in [4.78, 5) is 32.7. The van der Waals surface area contributed by atoms with Crippen molar-refractivity contribution in [3.8, 4) is 0 Å². The van der Waals surface area contributed by atoms with Crippen LogP contribution in [0.3, 0.4) is 0 Å². The molecule has 198 valence electrons. The number of fused-ring (bicyclic) bond motifs is 4. The number of rotatable bonds is 2. The van der Waals surface area contributed by atoms with Crippen molar-refractivity contribution in [2.45, 2.75) is 49.3 Å². The van der Waals surface area contributed by atoms with E-state index in [0.29, 0.717) is 31.4 Å². The second-order valence-corrected chi connectivity index (χ2v) is 11.9. The molecular weight excluding hydrogens is 494 g/mol. The van der Waals surface area contributed by atoms with Crippen molar-refractivity contribution >= 4 is 28.4 Å². The normalized spacial score (nSPS) is 32.1. The second-order valence-electron chi connectivity index (χ2n) is 11.9. The zero-order valence-corrected chi connectivity index (χ0v) is 22.3. The van der Waals surface area contributed by atoms with Crippen molar-refractivity contribution in [1.82, 2.24) is 4.90 Å². The molecule has 1 saturated carbocycles. The van der Waals surface area contributed by atoms with Crippen LogP contribution in [0.25, 0.3) is 16.8 Å². The third kappa shape index (κ3) is 2.83. The average Bonchev–Trinajstić information content (AvgIpc) is 3.58. The van der Waals surface area contributed by atoms with Crippen LogP contribution in [0.1, 0.15) is 58.6 Å². The number of allylic oxidation sites excluding steroid dienone is 1. The lowest BCUT2D eigenvalue weighted by atomic mass is 9.52. The average molecular weight is 526 g/mol. The number of benzene rings is 4. The molecule has 3 fully saturated rings. The summed E-state index contributed by atoms with van der Waals surface area (Å²) in [5.41, 5.74) is 2.25. The largest absolute Gasteiger partial charge is 0.391 e. The second kappa shape index (κ2) is 8.57. The molecule has 0 amide bonds. The molecular formula is C36H31NO3. The summed E-state index contributed by atoms with van der Waals surface area (Å²) >= 11 is 0. The minimum Gasteiger partial charge on any atom is -0.391 e. The van der Waals surface area contributed by atoms with Gasteiger partial charge < -0.3 is 5.11 Å².